The molecule has 1 fully saturated rings. The molecule has 1 aliphatic carbocycles. The molecule has 1 aliphatic heterocycles. The molecule has 4 rings (SSSR count). The molecule has 0 saturated carbocycles. The minimum Gasteiger partial charge on any atom is -0.481 e. The molecule has 2 aromatic heterocycles. The monoisotopic (exact) mass is 367 g/mol. The van der Waals surface area contributed by atoms with E-state index in [9.17, 15) is 4.79 Å². The first-order chi connectivity index (χ1) is 13.0. The smallest absolute Gasteiger partial charge is 0.254 e. The van der Waals surface area contributed by atoms with Crippen LogP contribution in [0.15, 0.2) is 24.5 Å². The number of aromatic nitrogens is 3. The number of aryl methyl sites for hydroxylation is 1. The topological polar surface area (TPSA) is 71.5 Å². The van der Waals surface area contributed by atoms with Gasteiger partial charge in [-0.25, -0.2) is 15.0 Å². The number of methoxy groups -OCH3 is 1. The number of hydrogen-bond acceptors (Lipinski definition) is 6. The molecule has 0 bridgehead atoms. The van der Waals surface area contributed by atoms with Gasteiger partial charge in [0.2, 0.25) is 11.8 Å². The fraction of sp³-hybridized carbons (Fsp3) is 0.500. The molecule has 1 unspecified atom stereocenters. The Morgan fingerprint density at radius 1 is 1.30 bits per heavy atom. The summed E-state index contributed by atoms with van der Waals surface area (Å²) in [7, 11) is 5.47. The molecule has 3 heterocycles. The van der Waals surface area contributed by atoms with Crippen molar-refractivity contribution in [2.24, 2.45) is 0 Å². The van der Waals surface area contributed by atoms with Gasteiger partial charge in [-0.05, 0) is 37.3 Å². The zero-order valence-electron chi connectivity index (χ0n) is 16.1. The molecular weight excluding hydrogens is 342 g/mol. The largest absolute Gasteiger partial charge is 0.481 e. The molecule has 0 aromatic carbocycles. The lowest BCUT2D eigenvalue weighted by molar-refractivity contribution is 0.0633. The summed E-state index contributed by atoms with van der Waals surface area (Å²) in [5.74, 6) is 1.23. The molecule has 0 radical (unpaired) electrons. The Bertz CT molecular complexity index is 865. The van der Waals surface area contributed by atoms with Gasteiger partial charge in [0, 0.05) is 56.6 Å². The number of ether oxygens (including phenoxy) is 1. The van der Waals surface area contributed by atoms with Crippen LogP contribution in [0.3, 0.4) is 0 Å². The van der Waals surface area contributed by atoms with Crippen LogP contribution in [0.4, 0.5) is 5.95 Å². The number of carbonyl (C=O) groups is 1. The van der Waals surface area contributed by atoms with Crippen LogP contribution in [-0.4, -0.2) is 60.1 Å². The van der Waals surface area contributed by atoms with Crippen LogP contribution in [-0.2, 0) is 11.8 Å². The third-order valence-electron chi connectivity index (χ3n) is 5.68. The van der Waals surface area contributed by atoms with Gasteiger partial charge in [-0.1, -0.05) is 0 Å². The minimum absolute atomic E-state index is 0.0325. The van der Waals surface area contributed by atoms with E-state index >= 15 is 0 Å². The molecular formula is C20H25N5O2. The van der Waals surface area contributed by atoms with Crippen molar-refractivity contribution in [3.63, 3.8) is 0 Å². The number of amides is 1. The first kappa shape index (κ1) is 17.7. The summed E-state index contributed by atoms with van der Waals surface area (Å²) in [5, 5.41) is 0. The zero-order valence-corrected chi connectivity index (χ0v) is 16.1. The molecule has 1 saturated heterocycles. The van der Waals surface area contributed by atoms with Crippen molar-refractivity contribution >= 4 is 11.9 Å². The Kier molecular flexibility index (Phi) is 4.45. The zero-order chi connectivity index (χ0) is 19.0. The van der Waals surface area contributed by atoms with Crippen LogP contribution in [0.5, 0.6) is 5.88 Å². The molecule has 7 heteroatoms. The molecule has 1 spiro atoms. The lowest BCUT2D eigenvalue weighted by Gasteiger charge is -2.40. The van der Waals surface area contributed by atoms with Gasteiger partial charge in [-0.15, -0.1) is 0 Å². The number of likely N-dealkylation sites (tertiary alicyclic amines) is 1. The second-order valence-electron chi connectivity index (χ2n) is 7.64. The van der Waals surface area contributed by atoms with Crippen molar-refractivity contribution in [3.05, 3.63) is 41.3 Å². The van der Waals surface area contributed by atoms with E-state index in [1.54, 1.807) is 25.4 Å². The summed E-state index contributed by atoms with van der Waals surface area (Å²) in [5.41, 5.74) is 2.91. The van der Waals surface area contributed by atoms with E-state index in [-0.39, 0.29) is 11.3 Å². The molecule has 0 N–H and O–H groups in total. The normalized spacial score (nSPS) is 21.2. The number of anilines is 1. The van der Waals surface area contributed by atoms with E-state index in [1.807, 2.05) is 30.1 Å². The van der Waals surface area contributed by atoms with Gasteiger partial charge in [-0.2, -0.15) is 0 Å². The summed E-state index contributed by atoms with van der Waals surface area (Å²) in [6, 6.07) is 3.46. The summed E-state index contributed by atoms with van der Waals surface area (Å²) in [6.45, 7) is 1.47. The lowest BCUT2D eigenvalue weighted by atomic mass is 9.77. The maximum absolute atomic E-state index is 13.1. The van der Waals surface area contributed by atoms with Crippen LogP contribution >= 0.6 is 0 Å². The first-order valence-corrected chi connectivity index (χ1v) is 9.35. The predicted molar refractivity (Wildman–Crippen MR) is 102 cm³/mol. The van der Waals surface area contributed by atoms with Crippen LogP contribution in [0.1, 0.15) is 40.9 Å². The molecule has 1 amide bonds. The molecule has 2 aromatic rings. The number of hydrogen-bond donors (Lipinski definition) is 0. The van der Waals surface area contributed by atoms with E-state index in [2.05, 4.69) is 9.97 Å². The van der Waals surface area contributed by atoms with Gasteiger partial charge in [0.25, 0.3) is 5.91 Å². The molecule has 27 heavy (non-hydrogen) atoms. The summed E-state index contributed by atoms with van der Waals surface area (Å²) in [4.78, 5) is 30.4. The highest BCUT2D eigenvalue weighted by atomic mass is 16.5. The van der Waals surface area contributed by atoms with Crippen LogP contribution < -0.4 is 9.64 Å². The van der Waals surface area contributed by atoms with Crippen molar-refractivity contribution in [3.8, 4) is 5.88 Å². The summed E-state index contributed by atoms with van der Waals surface area (Å²) in [6.07, 6.45) is 7.63. The Morgan fingerprint density at radius 3 is 2.93 bits per heavy atom. The number of piperidine rings is 1. The Morgan fingerprint density at radius 2 is 2.15 bits per heavy atom. The van der Waals surface area contributed by atoms with Crippen molar-refractivity contribution in [1.82, 2.24) is 19.9 Å². The summed E-state index contributed by atoms with van der Waals surface area (Å²) < 4.78 is 5.16. The maximum atomic E-state index is 13.1. The molecule has 142 valence electrons. The number of nitrogens with zero attached hydrogens (tertiary/aromatic N) is 5. The first-order valence-electron chi connectivity index (χ1n) is 9.35. The second-order valence-corrected chi connectivity index (χ2v) is 7.64. The third-order valence-corrected chi connectivity index (χ3v) is 5.68. The standard InChI is InChI=1S/C20H25N5O2/c1-24(2)19-22-12-15-5-8-20(17(15)23-19)7-4-10-25(13-20)18(26)14-6-9-21-16(11-14)27-3/h6,9,11-12H,4-5,7-8,10,13H2,1-3H3. The van der Waals surface area contributed by atoms with Gasteiger partial charge in [0.05, 0.1) is 12.8 Å². The number of carbonyl (C=O) groups excluding carboxylic acids is 1. The van der Waals surface area contributed by atoms with Crippen LogP contribution in [0.25, 0.3) is 0 Å². The molecule has 2 aliphatic rings. The van der Waals surface area contributed by atoms with Crippen LogP contribution in [0.2, 0.25) is 0 Å². The minimum atomic E-state index is -0.0614. The van der Waals surface area contributed by atoms with Crippen molar-refractivity contribution in [1.29, 1.82) is 0 Å². The van der Waals surface area contributed by atoms with Gasteiger partial charge in [0.1, 0.15) is 0 Å². The fourth-order valence-electron chi connectivity index (χ4n) is 4.29. The Balaban J connectivity index is 1.62. The van der Waals surface area contributed by atoms with E-state index in [4.69, 9.17) is 9.72 Å². The average Bonchev–Trinajstić information content (AvgIpc) is 3.04. The molecule has 1 atom stereocenters. The Labute approximate surface area is 159 Å². The third kappa shape index (κ3) is 3.11. The van der Waals surface area contributed by atoms with Crippen molar-refractivity contribution in [2.45, 2.75) is 31.1 Å². The maximum Gasteiger partial charge on any atom is 0.254 e. The molecule has 7 nitrogen and oxygen atoms in total. The van der Waals surface area contributed by atoms with Gasteiger partial charge < -0.3 is 14.5 Å². The highest BCUT2D eigenvalue weighted by Crippen LogP contribution is 2.44. The van der Waals surface area contributed by atoms with Gasteiger partial charge >= 0.3 is 0 Å². The van der Waals surface area contributed by atoms with E-state index in [0.717, 1.165) is 43.9 Å². The number of rotatable bonds is 3. The van der Waals surface area contributed by atoms with Gasteiger partial charge in [-0.3, -0.25) is 4.79 Å². The highest BCUT2D eigenvalue weighted by Gasteiger charge is 2.45. The fourth-order valence-corrected chi connectivity index (χ4v) is 4.29. The number of pyridine rings is 1. The average molecular weight is 367 g/mol. The predicted octanol–water partition coefficient (Wildman–Crippen LogP) is 2.07. The van der Waals surface area contributed by atoms with E-state index in [0.29, 0.717) is 18.0 Å². The lowest BCUT2D eigenvalue weighted by Crippen LogP contribution is -2.48. The quantitative estimate of drug-likeness (QED) is 0.827. The van der Waals surface area contributed by atoms with E-state index in [1.165, 1.54) is 5.56 Å². The summed E-state index contributed by atoms with van der Waals surface area (Å²) >= 11 is 0. The van der Waals surface area contributed by atoms with Crippen LogP contribution in [0, 0.1) is 0 Å². The number of fused-ring (bicyclic) bond motifs is 2. The highest BCUT2D eigenvalue weighted by molar-refractivity contribution is 5.94. The van der Waals surface area contributed by atoms with Gasteiger partial charge in [0.15, 0.2) is 0 Å². The SMILES string of the molecule is COc1cc(C(=O)N2CCCC3(CCc4cnc(N(C)C)nc43)C2)ccn1. The van der Waals surface area contributed by atoms with E-state index < -0.39 is 0 Å². The Hall–Kier alpha value is -2.70. The van der Waals surface area contributed by atoms with Crippen molar-refractivity contribution in [2.75, 3.05) is 39.2 Å². The van der Waals surface area contributed by atoms with Crippen molar-refractivity contribution < 1.29 is 9.53 Å². The second kappa shape index (κ2) is 6.79.